The first kappa shape index (κ1) is 9.53. The van der Waals surface area contributed by atoms with Crippen molar-refractivity contribution < 1.29 is 9.53 Å². The lowest BCUT2D eigenvalue weighted by molar-refractivity contribution is -0.137. The number of carbonyl (C=O) groups is 1. The van der Waals surface area contributed by atoms with Crippen molar-refractivity contribution in [1.29, 1.82) is 0 Å². The Labute approximate surface area is 87.8 Å². The minimum atomic E-state index is -0.179. The quantitative estimate of drug-likeness (QED) is 0.666. The molecule has 1 aliphatic rings. The summed E-state index contributed by atoms with van der Waals surface area (Å²) in [5.74, 6) is -0.123. The van der Waals surface area contributed by atoms with E-state index in [0.717, 1.165) is 5.56 Å². The highest BCUT2D eigenvalue weighted by Gasteiger charge is 2.37. The van der Waals surface area contributed by atoms with Crippen LogP contribution >= 0.6 is 11.6 Å². The summed E-state index contributed by atoms with van der Waals surface area (Å²) >= 11 is 5.79. The molecule has 0 radical (unpaired) electrons. The number of ether oxygens (including phenoxy) is 1. The maximum absolute atomic E-state index is 11.1. The minimum absolute atomic E-state index is 0.123. The lowest BCUT2D eigenvalue weighted by Gasteiger charge is -2.20. The van der Waals surface area contributed by atoms with Crippen molar-refractivity contribution in [3.05, 3.63) is 34.9 Å². The second-order valence-electron chi connectivity index (χ2n) is 3.91. The molecule has 0 saturated carbocycles. The first-order valence-corrected chi connectivity index (χ1v) is 4.90. The highest BCUT2D eigenvalue weighted by molar-refractivity contribution is 6.30. The normalized spacial score (nSPS) is 26.3. The molecule has 0 bridgehead atoms. The molecule has 2 rings (SSSR count). The fraction of sp³-hybridized carbons (Fsp3) is 0.364. The number of rotatable bonds is 1. The van der Waals surface area contributed by atoms with Crippen molar-refractivity contribution in [3.63, 3.8) is 0 Å². The van der Waals surface area contributed by atoms with Gasteiger partial charge in [0.1, 0.15) is 6.61 Å². The van der Waals surface area contributed by atoms with E-state index in [1.807, 2.05) is 31.2 Å². The molecule has 1 fully saturated rings. The molecule has 0 aromatic heterocycles. The zero-order valence-corrected chi connectivity index (χ0v) is 8.67. The average Bonchev–Trinajstić information content (AvgIpc) is 2.48. The first-order chi connectivity index (χ1) is 6.60. The third-order valence-corrected chi connectivity index (χ3v) is 2.88. The second kappa shape index (κ2) is 3.28. The van der Waals surface area contributed by atoms with Gasteiger partial charge in [0, 0.05) is 10.4 Å². The summed E-state index contributed by atoms with van der Waals surface area (Å²) < 4.78 is 4.98. The Kier molecular flexibility index (Phi) is 2.23. The Morgan fingerprint density at radius 2 is 2.00 bits per heavy atom. The number of hydrogen-bond donors (Lipinski definition) is 0. The van der Waals surface area contributed by atoms with E-state index in [1.54, 1.807) is 0 Å². The summed E-state index contributed by atoms with van der Waals surface area (Å²) in [4.78, 5) is 11.1. The van der Waals surface area contributed by atoms with Crippen LogP contribution in [0.4, 0.5) is 0 Å². The summed E-state index contributed by atoms with van der Waals surface area (Å²) in [6.07, 6.45) is 0.453. The van der Waals surface area contributed by atoms with Gasteiger partial charge in [-0.25, -0.2) is 0 Å². The van der Waals surface area contributed by atoms with Gasteiger partial charge in [0.05, 0.1) is 6.42 Å². The Hall–Kier alpha value is -1.02. The topological polar surface area (TPSA) is 26.3 Å². The van der Waals surface area contributed by atoms with E-state index in [1.165, 1.54) is 0 Å². The summed E-state index contributed by atoms with van der Waals surface area (Å²) in [7, 11) is 0. The Morgan fingerprint density at radius 1 is 1.36 bits per heavy atom. The van der Waals surface area contributed by atoms with Crippen molar-refractivity contribution in [3.8, 4) is 0 Å². The van der Waals surface area contributed by atoms with Crippen molar-refractivity contribution in [2.24, 2.45) is 0 Å². The van der Waals surface area contributed by atoms with Crippen LogP contribution in [0.5, 0.6) is 0 Å². The Balaban J connectivity index is 2.30. The summed E-state index contributed by atoms with van der Waals surface area (Å²) in [6.45, 7) is 2.49. The number of benzene rings is 1. The number of hydrogen-bond acceptors (Lipinski definition) is 2. The largest absolute Gasteiger partial charge is 0.465 e. The van der Waals surface area contributed by atoms with Crippen molar-refractivity contribution in [2.75, 3.05) is 6.61 Å². The molecule has 0 spiro atoms. The minimum Gasteiger partial charge on any atom is -0.465 e. The Morgan fingerprint density at radius 3 is 2.50 bits per heavy atom. The van der Waals surface area contributed by atoms with E-state index in [2.05, 4.69) is 0 Å². The molecule has 2 nitrogen and oxygen atoms in total. The molecular formula is C11H11ClO2. The summed E-state index contributed by atoms with van der Waals surface area (Å²) in [5.41, 5.74) is 0.926. The number of esters is 1. The van der Waals surface area contributed by atoms with Crippen LogP contribution in [0, 0.1) is 0 Å². The van der Waals surface area contributed by atoms with Gasteiger partial charge in [-0.15, -0.1) is 0 Å². The van der Waals surface area contributed by atoms with Gasteiger partial charge >= 0.3 is 5.97 Å². The molecule has 1 aromatic rings. The molecular weight excluding hydrogens is 200 g/mol. The van der Waals surface area contributed by atoms with E-state index in [-0.39, 0.29) is 11.4 Å². The summed E-state index contributed by atoms with van der Waals surface area (Å²) in [6, 6.07) is 7.57. The predicted octanol–water partition coefficient (Wildman–Crippen LogP) is 2.54. The molecule has 1 aliphatic heterocycles. The third-order valence-electron chi connectivity index (χ3n) is 2.63. The monoisotopic (exact) mass is 210 g/mol. The van der Waals surface area contributed by atoms with E-state index in [4.69, 9.17) is 16.3 Å². The molecule has 0 amide bonds. The molecule has 0 aliphatic carbocycles. The maximum atomic E-state index is 11.1. The van der Waals surface area contributed by atoms with E-state index >= 15 is 0 Å². The molecule has 1 heterocycles. The number of halogens is 1. The van der Waals surface area contributed by atoms with Gasteiger partial charge in [-0.3, -0.25) is 4.79 Å². The highest BCUT2D eigenvalue weighted by Crippen LogP contribution is 2.33. The van der Waals surface area contributed by atoms with E-state index in [9.17, 15) is 4.79 Å². The van der Waals surface area contributed by atoms with Gasteiger partial charge in [0.15, 0.2) is 0 Å². The maximum Gasteiger partial charge on any atom is 0.306 e. The van der Waals surface area contributed by atoms with E-state index < -0.39 is 0 Å². The van der Waals surface area contributed by atoms with Gasteiger partial charge < -0.3 is 4.74 Å². The van der Waals surface area contributed by atoms with Crippen molar-refractivity contribution >= 4 is 17.6 Å². The standard InChI is InChI=1S/C11H11ClO2/c1-11(6-10(13)14-7-11)8-2-4-9(12)5-3-8/h2-5H,6-7H2,1H3. The van der Waals surface area contributed by atoms with Crippen LogP contribution in [0.2, 0.25) is 5.02 Å². The summed E-state index contributed by atoms with van der Waals surface area (Å²) in [5, 5.41) is 0.711. The fourth-order valence-electron chi connectivity index (χ4n) is 1.70. The zero-order valence-electron chi connectivity index (χ0n) is 7.92. The molecule has 1 saturated heterocycles. The number of carbonyl (C=O) groups excluding carboxylic acids is 1. The van der Waals surface area contributed by atoms with Crippen LogP contribution in [0.15, 0.2) is 24.3 Å². The van der Waals surface area contributed by atoms with Gasteiger partial charge in [-0.05, 0) is 17.7 Å². The van der Waals surface area contributed by atoms with Crippen LogP contribution in [-0.2, 0) is 14.9 Å². The second-order valence-corrected chi connectivity index (χ2v) is 4.34. The first-order valence-electron chi connectivity index (χ1n) is 4.52. The molecule has 74 valence electrons. The smallest absolute Gasteiger partial charge is 0.306 e. The van der Waals surface area contributed by atoms with Crippen molar-refractivity contribution in [1.82, 2.24) is 0 Å². The van der Waals surface area contributed by atoms with Crippen LogP contribution in [0.1, 0.15) is 18.9 Å². The fourth-order valence-corrected chi connectivity index (χ4v) is 1.82. The van der Waals surface area contributed by atoms with Crippen LogP contribution in [0.25, 0.3) is 0 Å². The zero-order chi connectivity index (χ0) is 10.2. The lowest BCUT2D eigenvalue weighted by atomic mass is 9.82. The molecule has 3 heteroatoms. The lowest BCUT2D eigenvalue weighted by Crippen LogP contribution is -2.21. The Bertz CT molecular complexity index is 358. The molecule has 0 N–H and O–H groups in total. The van der Waals surface area contributed by atoms with Gasteiger partial charge in [0.2, 0.25) is 0 Å². The molecule has 1 aromatic carbocycles. The van der Waals surface area contributed by atoms with Crippen LogP contribution < -0.4 is 0 Å². The van der Waals surface area contributed by atoms with Crippen LogP contribution in [-0.4, -0.2) is 12.6 Å². The predicted molar refractivity (Wildman–Crippen MR) is 54.4 cm³/mol. The third kappa shape index (κ3) is 1.62. The molecule has 1 unspecified atom stereocenters. The van der Waals surface area contributed by atoms with Gasteiger partial charge in [-0.2, -0.15) is 0 Å². The van der Waals surface area contributed by atoms with Gasteiger partial charge in [-0.1, -0.05) is 30.7 Å². The molecule has 14 heavy (non-hydrogen) atoms. The average molecular weight is 211 g/mol. The highest BCUT2D eigenvalue weighted by atomic mass is 35.5. The van der Waals surface area contributed by atoms with Crippen LogP contribution in [0.3, 0.4) is 0 Å². The van der Waals surface area contributed by atoms with E-state index in [0.29, 0.717) is 18.1 Å². The SMILES string of the molecule is CC1(c2ccc(Cl)cc2)COC(=O)C1. The van der Waals surface area contributed by atoms with Gasteiger partial charge in [0.25, 0.3) is 0 Å². The van der Waals surface area contributed by atoms with Crippen molar-refractivity contribution in [2.45, 2.75) is 18.8 Å². The number of cyclic esters (lactones) is 1. The molecule has 1 atom stereocenters.